The zero-order chi connectivity index (χ0) is 12.4. The Morgan fingerprint density at radius 1 is 1.22 bits per heavy atom. The Hall–Kier alpha value is -0.800. The van der Waals surface area contributed by atoms with Crippen molar-refractivity contribution in [3.63, 3.8) is 0 Å². The van der Waals surface area contributed by atoms with Gasteiger partial charge in [0.2, 0.25) is 0 Å². The maximum absolute atomic E-state index is 5.80. The fourth-order valence-corrected chi connectivity index (χ4v) is 3.26. The zero-order valence-corrected chi connectivity index (χ0v) is 11.4. The molecule has 98 valence electrons. The normalized spacial score (nSPS) is 24.9. The second-order valence-electron chi connectivity index (χ2n) is 5.29. The van der Waals surface area contributed by atoms with Crippen LogP contribution >= 0.6 is 11.6 Å². The van der Waals surface area contributed by atoms with E-state index in [-0.39, 0.29) is 0 Å². The highest BCUT2D eigenvalue weighted by molar-refractivity contribution is 6.17. The predicted molar refractivity (Wildman–Crippen MR) is 75.2 cm³/mol. The molecule has 1 atom stereocenters. The van der Waals surface area contributed by atoms with Gasteiger partial charge in [0.1, 0.15) is 5.82 Å². The molecule has 2 saturated heterocycles. The van der Waals surface area contributed by atoms with Crippen molar-refractivity contribution in [2.45, 2.75) is 31.2 Å². The van der Waals surface area contributed by atoms with Crippen LogP contribution in [-0.4, -0.2) is 42.1 Å². The molecule has 1 aromatic heterocycles. The van der Waals surface area contributed by atoms with E-state index in [1.54, 1.807) is 0 Å². The summed E-state index contributed by atoms with van der Waals surface area (Å²) in [5.41, 5.74) is 1.10. The average Bonchev–Trinajstić information content (AvgIpc) is 2.76. The lowest BCUT2D eigenvalue weighted by Gasteiger charge is -2.26. The number of pyridine rings is 1. The highest BCUT2D eigenvalue weighted by Crippen LogP contribution is 2.24. The van der Waals surface area contributed by atoms with Gasteiger partial charge in [-0.15, -0.1) is 11.6 Å². The number of alkyl halides is 1. The lowest BCUT2D eigenvalue weighted by molar-refractivity contribution is 0.273. The van der Waals surface area contributed by atoms with Crippen molar-refractivity contribution in [2.75, 3.05) is 31.1 Å². The number of rotatable bonds is 2. The molecule has 3 rings (SSSR count). The molecular formula is C14H20ClN3. The first kappa shape index (κ1) is 12.2. The quantitative estimate of drug-likeness (QED) is 0.766. The molecule has 2 fully saturated rings. The van der Waals surface area contributed by atoms with Crippen molar-refractivity contribution < 1.29 is 0 Å². The van der Waals surface area contributed by atoms with Gasteiger partial charge in [-0.05, 0) is 37.4 Å². The van der Waals surface area contributed by atoms with Crippen LogP contribution in [0.4, 0.5) is 5.82 Å². The smallest absolute Gasteiger partial charge is 0.128 e. The second-order valence-corrected chi connectivity index (χ2v) is 5.56. The topological polar surface area (TPSA) is 19.4 Å². The number of hydrogen-bond acceptors (Lipinski definition) is 3. The van der Waals surface area contributed by atoms with Crippen LogP contribution in [0.5, 0.6) is 0 Å². The number of hydrogen-bond donors (Lipinski definition) is 0. The molecule has 0 amide bonds. The third kappa shape index (κ3) is 2.47. The standard InChI is InChI=1S/C14H20ClN3/c15-9-12-4-5-14(16-10-12)18-8-2-7-17-6-1-3-13(17)11-18/h4-5,10,13H,1-3,6-9,11H2. The fourth-order valence-electron chi connectivity index (χ4n) is 3.10. The number of aromatic nitrogens is 1. The van der Waals surface area contributed by atoms with Crippen LogP contribution < -0.4 is 4.90 Å². The first-order valence-electron chi connectivity index (χ1n) is 6.87. The molecule has 0 radical (unpaired) electrons. The molecule has 0 aliphatic carbocycles. The lowest BCUT2D eigenvalue weighted by Crippen LogP contribution is -2.36. The van der Waals surface area contributed by atoms with Gasteiger partial charge >= 0.3 is 0 Å². The summed E-state index contributed by atoms with van der Waals surface area (Å²) < 4.78 is 0. The van der Waals surface area contributed by atoms with E-state index in [9.17, 15) is 0 Å². The van der Waals surface area contributed by atoms with Crippen LogP contribution in [0.1, 0.15) is 24.8 Å². The lowest BCUT2D eigenvalue weighted by atomic mass is 10.2. The zero-order valence-electron chi connectivity index (χ0n) is 10.7. The summed E-state index contributed by atoms with van der Waals surface area (Å²) in [6.45, 7) is 4.80. The molecule has 1 unspecified atom stereocenters. The summed E-state index contributed by atoms with van der Waals surface area (Å²) in [6, 6.07) is 4.94. The summed E-state index contributed by atoms with van der Waals surface area (Å²) >= 11 is 5.80. The monoisotopic (exact) mass is 265 g/mol. The summed E-state index contributed by atoms with van der Waals surface area (Å²) in [6.07, 6.45) is 5.85. The van der Waals surface area contributed by atoms with Crippen LogP contribution in [0.15, 0.2) is 18.3 Å². The highest BCUT2D eigenvalue weighted by Gasteiger charge is 2.28. The van der Waals surface area contributed by atoms with E-state index in [4.69, 9.17) is 11.6 Å². The number of anilines is 1. The van der Waals surface area contributed by atoms with E-state index in [0.29, 0.717) is 5.88 Å². The van der Waals surface area contributed by atoms with Gasteiger partial charge in [0.05, 0.1) is 0 Å². The Morgan fingerprint density at radius 2 is 2.11 bits per heavy atom. The van der Waals surface area contributed by atoms with E-state index in [2.05, 4.69) is 26.9 Å². The fraction of sp³-hybridized carbons (Fsp3) is 0.643. The van der Waals surface area contributed by atoms with Crippen LogP contribution in [0, 0.1) is 0 Å². The largest absolute Gasteiger partial charge is 0.355 e. The van der Waals surface area contributed by atoms with E-state index >= 15 is 0 Å². The highest BCUT2D eigenvalue weighted by atomic mass is 35.5. The van der Waals surface area contributed by atoms with Crippen LogP contribution in [0.2, 0.25) is 0 Å². The van der Waals surface area contributed by atoms with E-state index in [1.165, 1.54) is 32.4 Å². The van der Waals surface area contributed by atoms with Gasteiger partial charge in [-0.1, -0.05) is 6.07 Å². The van der Waals surface area contributed by atoms with Crippen molar-refractivity contribution in [3.8, 4) is 0 Å². The minimum Gasteiger partial charge on any atom is -0.355 e. The molecule has 18 heavy (non-hydrogen) atoms. The SMILES string of the molecule is ClCc1ccc(N2CCCN3CCCC3C2)nc1. The minimum atomic E-state index is 0.545. The van der Waals surface area contributed by atoms with Gasteiger partial charge < -0.3 is 4.90 Å². The van der Waals surface area contributed by atoms with Crippen molar-refractivity contribution in [3.05, 3.63) is 23.9 Å². The Labute approximate surface area is 114 Å². The summed E-state index contributed by atoms with van der Waals surface area (Å²) in [4.78, 5) is 9.64. The van der Waals surface area contributed by atoms with Crippen molar-refractivity contribution in [2.24, 2.45) is 0 Å². The molecule has 0 bridgehead atoms. The summed E-state index contributed by atoms with van der Waals surface area (Å²) in [5, 5.41) is 0. The van der Waals surface area contributed by atoms with Gasteiger partial charge in [-0.2, -0.15) is 0 Å². The van der Waals surface area contributed by atoms with Crippen LogP contribution in [-0.2, 0) is 5.88 Å². The van der Waals surface area contributed by atoms with Gasteiger partial charge in [0.25, 0.3) is 0 Å². The van der Waals surface area contributed by atoms with Crippen molar-refractivity contribution >= 4 is 17.4 Å². The Balaban J connectivity index is 1.74. The van der Waals surface area contributed by atoms with Gasteiger partial charge in [-0.3, -0.25) is 4.90 Å². The Morgan fingerprint density at radius 3 is 2.89 bits per heavy atom. The molecule has 0 spiro atoms. The number of nitrogens with zero attached hydrogens (tertiary/aromatic N) is 3. The second kappa shape index (κ2) is 5.45. The molecule has 0 aromatic carbocycles. The van der Waals surface area contributed by atoms with Gasteiger partial charge in [0, 0.05) is 37.8 Å². The van der Waals surface area contributed by atoms with Crippen molar-refractivity contribution in [1.29, 1.82) is 0 Å². The van der Waals surface area contributed by atoms with E-state index in [0.717, 1.165) is 30.5 Å². The molecule has 3 heterocycles. The average molecular weight is 266 g/mol. The molecule has 1 aromatic rings. The molecule has 2 aliphatic rings. The molecular weight excluding hydrogens is 246 g/mol. The molecule has 3 nitrogen and oxygen atoms in total. The Kier molecular flexibility index (Phi) is 3.71. The summed E-state index contributed by atoms with van der Waals surface area (Å²) in [7, 11) is 0. The van der Waals surface area contributed by atoms with Crippen LogP contribution in [0.25, 0.3) is 0 Å². The molecule has 4 heteroatoms. The predicted octanol–water partition coefficient (Wildman–Crippen LogP) is 2.49. The van der Waals surface area contributed by atoms with Gasteiger partial charge in [-0.25, -0.2) is 4.98 Å². The van der Waals surface area contributed by atoms with E-state index < -0.39 is 0 Å². The first-order valence-corrected chi connectivity index (χ1v) is 7.40. The molecule has 0 saturated carbocycles. The molecule has 0 N–H and O–H groups in total. The summed E-state index contributed by atoms with van der Waals surface area (Å²) in [5.74, 6) is 1.65. The van der Waals surface area contributed by atoms with Crippen molar-refractivity contribution in [1.82, 2.24) is 9.88 Å². The molecule has 2 aliphatic heterocycles. The number of fused-ring (bicyclic) bond motifs is 1. The maximum Gasteiger partial charge on any atom is 0.128 e. The number of halogens is 1. The Bertz CT molecular complexity index is 393. The van der Waals surface area contributed by atoms with E-state index in [1.807, 2.05) is 6.20 Å². The van der Waals surface area contributed by atoms with Crippen LogP contribution in [0.3, 0.4) is 0 Å². The maximum atomic E-state index is 5.80. The van der Waals surface area contributed by atoms with Gasteiger partial charge in [0.15, 0.2) is 0 Å². The third-order valence-electron chi connectivity index (χ3n) is 4.09. The minimum absolute atomic E-state index is 0.545. The third-order valence-corrected chi connectivity index (χ3v) is 4.40. The first-order chi connectivity index (χ1) is 8.86.